The van der Waals surface area contributed by atoms with Gasteiger partial charge in [0, 0.05) is 11.3 Å². The number of nitrogens with one attached hydrogen (secondary N) is 2. The fourth-order valence-corrected chi connectivity index (χ4v) is 3.54. The molecule has 2 aromatic carbocycles. The summed E-state index contributed by atoms with van der Waals surface area (Å²) in [6, 6.07) is 14.5. The number of nitrogens with zero attached hydrogens (tertiary/aromatic N) is 2. The molecule has 0 spiro atoms. The number of carbonyl (C=O) groups is 2. The molecule has 3 aromatic rings. The molecule has 29 heavy (non-hydrogen) atoms. The highest BCUT2D eigenvalue weighted by molar-refractivity contribution is 6.04. The lowest BCUT2D eigenvalue weighted by Gasteiger charge is -2.12. The first kappa shape index (κ1) is 18.7. The number of aryl methyl sites for hydroxylation is 1. The molecule has 1 aliphatic rings. The first-order valence-electron chi connectivity index (χ1n) is 9.51. The van der Waals surface area contributed by atoms with Crippen molar-refractivity contribution in [1.82, 2.24) is 9.78 Å². The number of fused-ring (bicyclic) bond motifs is 1. The predicted octanol–water partition coefficient (Wildman–Crippen LogP) is 3.64. The molecule has 2 amide bonds. The van der Waals surface area contributed by atoms with E-state index >= 15 is 0 Å². The highest BCUT2D eigenvalue weighted by Crippen LogP contribution is 2.36. The van der Waals surface area contributed by atoms with E-state index < -0.39 is 6.04 Å². The molecule has 0 saturated heterocycles. The van der Waals surface area contributed by atoms with Crippen molar-refractivity contribution in [2.24, 2.45) is 0 Å². The van der Waals surface area contributed by atoms with Crippen LogP contribution in [-0.2, 0) is 16.0 Å². The Morgan fingerprint density at radius 3 is 2.86 bits per heavy atom. The molecule has 1 atom stereocenters. The van der Waals surface area contributed by atoms with Crippen LogP contribution in [-0.4, -0.2) is 28.7 Å². The molecule has 148 valence electrons. The number of hydrogen-bond acceptors (Lipinski definition) is 4. The summed E-state index contributed by atoms with van der Waals surface area (Å²) in [6.07, 6.45) is 2.52. The van der Waals surface area contributed by atoms with Gasteiger partial charge < -0.3 is 15.4 Å². The van der Waals surface area contributed by atoms with Crippen molar-refractivity contribution >= 4 is 23.3 Å². The summed E-state index contributed by atoms with van der Waals surface area (Å²) < 4.78 is 6.86. The molecule has 1 unspecified atom stereocenters. The Morgan fingerprint density at radius 1 is 1.24 bits per heavy atom. The summed E-state index contributed by atoms with van der Waals surface area (Å²) in [5.74, 6) is 0.848. The zero-order valence-corrected chi connectivity index (χ0v) is 16.3. The van der Waals surface area contributed by atoms with Crippen LogP contribution in [0, 0.1) is 0 Å². The van der Waals surface area contributed by atoms with Gasteiger partial charge in [0.15, 0.2) is 0 Å². The van der Waals surface area contributed by atoms with E-state index in [0.717, 1.165) is 34.5 Å². The molecule has 0 aliphatic carbocycles. The van der Waals surface area contributed by atoms with Crippen LogP contribution in [0.1, 0.15) is 24.9 Å². The van der Waals surface area contributed by atoms with Crippen LogP contribution in [0.5, 0.6) is 5.75 Å². The van der Waals surface area contributed by atoms with Crippen molar-refractivity contribution in [1.29, 1.82) is 0 Å². The maximum absolute atomic E-state index is 12.6. The minimum absolute atomic E-state index is 0.0100. The first-order valence-corrected chi connectivity index (χ1v) is 9.51. The summed E-state index contributed by atoms with van der Waals surface area (Å²) in [4.78, 5) is 25.1. The number of benzene rings is 2. The Hall–Kier alpha value is -3.61. The van der Waals surface area contributed by atoms with Gasteiger partial charge in [0.05, 0.1) is 19.7 Å². The van der Waals surface area contributed by atoms with E-state index in [0.29, 0.717) is 5.82 Å². The SMILES string of the molecule is CCc1ccccc1NC(=O)CC1C(=O)Nc2c(-c3cccc(OC)c3)cnn21. The zero-order chi connectivity index (χ0) is 20.4. The van der Waals surface area contributed by atoms with Gasteiger partial charge in [-0.1, -0.05) is 37.3 Å². The highest BCUT2D eigenvalue weighted by atomic mass is 16.5. The third kappa shape index (κ3) is 3.59. The number of anilines is 2. The van der Waals surface area contributed by atoms with Crippen LogP contribution in [0.25, 0.3) is 11.1 Å². The van der Waals surface area contributed by atoms with Gasteiger partial charge in [-0.15, -0.1) is 0 Å². The van der Waals surface area contributed by atoms with Crippen LogP contribution < -0.4 is 15.4 Å². The Bertz CT molecular complexity index is 1070. The van der Waals surface area contributed by atoms with Crippen molar-refractivity contribution in [2.75, 3.05) is 17.7 Å². The monoisotopic (exact) mass is 390 g/mol. The van der Waals surface area contributed by atoms with Gasteiger partial charge in [0.2, 0.25) is 5.91 Å². The largest absolute Gasteiger partial charge is 0.497 e. The lowest BCUT2D eigenvalue weighted by atomic mass is 10.1. The second kappa shape index (κ2) is 7.79. The van der Waals surface area contributed by atoms with E-state index in [-0.39, 0.29) is 18.2 Å². The first-order chi connectivity index (χ1) is 14.1. The van der Waals surface area contributed by atoms with Gasteiger partial charge in [-0.2, -0.15) is 5.10 Å². The Morgan fingerprint density at radius 2 is 2.07 bits per heavy atom. The smallest absolute Gasteiger partial charge is 0.251 e. The van der Waals surface area contributed by atoms with Crippen molar-refractivity contribution in [3.05, 3.63) is 60.3 Å². The van der Waals surface area contributed by atoms with E-state index in [2.05, 4.69) is 15.7 Å². The van der Waals surface area contributed by atoms with Crippen LogP contribution in [0.15, 0.2) is 54.7 Å². The maximum atomic E-state index is 12.6. The summed E-state index contributed by atoms with van der Waals surface area (Å²) in [6.45, 7) is 2.03. The second-order valence-corrected chi connectivity index (χ2v) is 6.85. The van der Waals surface area contributed by atoms with Gasteiger partial charge >= 0.3 is 0 Å². The molecule has 0 radical (unpaired) electrons. The van der Waals surface area contributed by atoms with Crippen LogP contribution in [0.3, 0.4) is 0 Å². The molecule has 7 heteroatoms. The molecular weight excluding hydrogens is 368 g/mol. The number of amides is 2. The van der Waals surface area contributed by atoms with E-state index in [1.165, 1.54) is 0 Å². The molecule has 2 N–H and O–H groups in total. The quantitative estimate of drug-likeness (QED) is 0.673. The average molecular weight is 390 g/mol. The Balaban J connectivity index is 1.55. The van der Waals surface area contributed by atoms with Gasteiger partial charge in [-0.25, -0.2) is 4.68 Å². The molecule has 1 aliphatic heterocycles. The van der Waals surface area contributed by atoms with E-state index in [9.17, 15) is 9.59 Å². The molecule has 0 fully saturated rings. The number of methoxy groups -OCH3 is 1. The lowest BCUT2D eigenvalue weighted by molar-refractivity contribution is -0.123. The molecule has 4 rings (SSSR count). The predicted molar refractivity (Wildman–Crippen MR) is 111 cm³/mol. The third-order valence-corrected chi connectivity index (χ3v) is 5.07. The number of aromatic nitrogens is 2. The van der Waals surface area contributed by atoms with Crippen molar-refractivity contribution in [3.8, 4) is 16.9 Å². The second-order valence-electron chi connectivity index (χ2n) is 6.85. The highest BCUT2D eigenvalue weighted by Gasteiger charge is 2.35. The lowest BCUT2D eigenvalue weighted by Crippen LogP contribution is -2.23. The minimum atomic E-state index is -0.682. The van der Waals surface area contributed by atoms with E-state index in [1.807, 2.05) is 55.5 Å². The summed E-state index contributed by atoms with van der Waals surface area (Å²) in [5.41, 5.74) is 3.50. The van der Waals surface area contributed by atoms with Gasteiger partial charge in [-0.05, 0) is 35.7 Å². The standard InChI is InChI=1S/C22H22N4O3/c1-3-14-7-4-5-10-18(14)24-20(27)12-19-22(28)25-21-17(13-23-26(19)21)15-8-6-9-16(11-15)29-2/h4-11,13,19H,3,12H2,1-2H3,(H,24,27)(H,25,28). The Kier molecular flexibility index (Phi) is 5.03. The zero-order valence-electron chi connectivity index (χ0n) is 16.3. The summed E-state index contributed by atoms with van der Waals surface area (Å²) in [5, 5.41) is 10.1. The third-order valence-electron chi connectivity index (χ3n) is 5.07. The number of para-hydroxylation sites is 1. The maximum Gasteiger partial charge on any atom is 0.251 e. The molecule has 2 heterocycles. The molecule has 0 bridgehead atoms. The van der Waals surface area contributed by atoms with Gasteiger partial charge in [0.25, 0.3) is 5.91 Å². The number of carbonyl (C=O) groups excluding carboxylic acids is 2. The number of rotatable bonds is 6. The van der Waals surface area contributed by atoms with Crippen LogP contribution >= 0.6 is 0 Å². The van der Waals surface area contributed by atoms with Crippen LogP contribution in [0.4, 0.5) is 11.5 Å². The van der Waals surface area contributed by atoms with Crippen molar-refractivity contribution in [3.63, 3.8) is 0 Å². The number of ether oxygens (including phenoxy) is 1. The normalized spacial score (nSPS) is 15.0. The van der Waals surface area contributed by atoms with Crippen LogP contribution in [0.2, 0.25) is 0 Å². The van der Waals surface area contributed by atoms with Crippen molar-refractivity contribution < 1.29 is 14.3 Å². The van der Waals surface area contributed by atoms with Gasteiger partial charge in [-0.3, -0.25) is 9.59 Å². The molecular formula is C22H22N4O3. The molecule has 0 saturated carbocycles. The molecule has 7 nitrogen and oxygen atoms in total. The average Bonchev–Trinajstić information content (AvgIpc) is 3.28. The van der Waals surface area contributed by atoms with E-state index in [4.69, 9.17) is 4.74 Å². The van der Waals surface area contributed by atoms with Gasteiger partial charge in [0.1, 0.15) is 17.6 Å². The summed E-state index contributed by atoms with van der Waals surface area (Å²) >= 11 is 0. The topological polar surface area (TPSA) is 85.2 Å². The minimum Gasteiger partial charge on any atom is -0.497 e. The van der Waals surface area contributed by atoms with Crippen molar-refractivity contribution in [2.45, 2.75) is 25.8 Å². The van der Waals surface area contributed by atoms with E-state index in [1.54, 1.807) is 18.0 Å². The number of hydrogen-bond donors (Lipinski definition) is 2. The molecule has 1 aromatic heterocycles. The summed E-state index contributed by atoms with van der Waals surface area (Å²) in [7, 11) is 1.61. The Labute approximate surface area is 168 Å². The fraction of sp³-hybridized carbons (Fsp3) is 0.227. The fourth-order valence-electron chi connectivity index (χ4n) is 3.54.